The number of carbonyl (C=O) groups is 1. The van der Waals surface area contributed by atoms with Gasteiger partial charge >= 0.3 is 65.8 Å². The highest BCUT2D eigenvalue weighted by atomic mass is 35.5. The maximum atomic E-state index is 13.9. The van der Waals surface area contributed by atoms with E-state index in [9.17, 15) is 92.6 Å². The van der Waals surface area contributed by atoms with E-state index in [2.05, 4.69) is 11.6 Å². The Labute approximate surface area is 190 Å². The first-order chi connectivity index (χ1) is 15.6. The molecule has 5 nitrogen and oxygen atoms in total. The Bertz CT molecular complexity index is 847. The van der Waals surface area contributed by atoms with E-state index in [1.54, 1.807) is 0 Å². The number of carboxylic acid groups (broad SMARTS) is 1. The van der Waals surface area contributed by atoms with Crippen LogP contribution in [-0.4, -0.2) is 70.9 Å². The molecule has 1 N–H and O–H groups in total. The number of ether oxygens (including phenoxy) is 3. The van der Waals surface area contributed by atoms with Crippen molar-refractivity contribution in [2.45, 2.75) is 59.8 Å². The molecule has 0 saturated heterocycles. The van der Waals surface area contributed by atoms with Gasteiger partial charge in [0.15, 0.2) is 0 Å². The minimum Gasteiger partial charge on any atom is -0.475 e. The van der Waals surface area contributed by atoms with Crippen molar-refractivity contribution in [3.05, 3.63) is 0 Å². The third kappa shape index (κ3) is 6.12. The van der Waals surface area contributed by atoms with Crippen LogP contribution < -0.4 is 0 Å². The molecule has 3 unspecified atom stereocenters. The summed E-state index contributed by atoms with van der Waals surface area (Å²) in [4.78, 5) is 9.93. The molecule has 0 fully saturated rings. The van der Waals surface area contributed by atoms with Crippen LogP contribution in [0.2, 0.25) is 0 Å². The summed E-state index contributed by atoms with van der Waals surface area (Å²) in [7, 11) is 0. The summed E-state index contributed by atoms with van der Waals surface area (Å²) in [5.74, 6) is -20.8. The SMILES string of the molecule is O=C(O)C(F)(F)OC(F)(F)C(F)(OC(F)(F)C(F)(OC(F)(F)C(F)(Cl)C(F)(F)F)C(F)(F)F)C(F)(F)F. The van der Waals surface area contributed by atoms with Crippen LogP contribution in [0.1, 0.15) is 0 Å². The number of hydrogen-bond acceptors (Lipinski definition) is 4. The average Bonchev–Trinajstić information content (AvgIpc) is 2.56. The zero-order valence-electron chi connectivity index (χ0n) is 15.5. The molecule has 37 heavy (non-hydrogen) atoms. The standard InChI is InChI=1S/C11HClF20O5/c12-3(15,6(18,19)20)9(27,28)36-5(17,8(24,25)26)11(31,32)37-4(16,7(21,22)23)10(29,30)35-2(13,14)1(33)34/h(H,33,34). The summed E-state index contributed by atoms with van der Waals surface area (Å²) in [5, 5.41) is 0.598. The van der Waals surface area contributed by atoms with Gasteiger partial charge in [-0.25, -0.2) is 13.9 Å². The predicted octanol–water partition coefficient (Wildman–Crippen LogP) is 6.42. The molecular weight excluding hydrogens is 628 g/mol. The van der Waals surface area contributed by atoms with Crippen molar-refractivity contribution in [2.75, 3.05) is 0 Å². The molecule has 0 aromatic heterocycles. The Balaban J connectivity index is 7.04. The van der Waals surface area contributed by atoms with Crippen molar-refractivity contribution in [1.29, 1.82) is 0 Å². The van der Waals surface area contributed by atoms with Gasteiger partial charge in [-0.2, -0.15) is 83.4 Å². The van der Waals surface area contributed by atoms with Crippen LogP contribution in [0, 0.1) is 0 Å². The highest BCUT2D eigenvalue weighted by molar-refractivity contribution is 6.24. The fourth-order valence-corrected chi connectivity index (χ4v) is 1.52. The zero-order valence-corrected chi connectivity index (χ0v) is 16.3. The van der Waals surface area contributed by atoms with Crippen LogP contribution in [-0.2, 0) is 19.0 Å². The lowest BCUT2D eigenvalue weighted by atomic mass is 10.2. The second kappa shape index (κ2) is 9.17. The zero-order chi connectivity index (χ0) is 30.7. The largest absolute Gasteiger partial charge is 0.475 e. The molecule has 0 rings (SSSR count). The van der Waals surface area contributed by atoms with Gasteiger partial charge in [0.05, 0.1) is 0 Å². The van der Waals surface area contributed by atoms with E-state index < -0.39 is 65.8 Å². The lowest BCUT2D eigenvalue weighted by Crippen LogP contribution is -2.70. The smallest absolute Gasteiger partial charge is 0.460 e. The number of aliphatic carboxylic acids is 1. The molecule has 0 spiro atoms. The van der Waals surface area contributed by atoms with E-state index in [0.717, 1.165) is 0 Å². The van der Waals surface area contributed by atoms with Crippen molar-refractivity contribution in [3.8, 4) is 0 Å². The number of alkyl halides is 21. The van der Waals surface area contributed by atoms with Crippen LogP contribution in [0.25, 0.3) is 0 Å². The van der Waals surface area contributed by atoms with Crippen molar-refractivity contribution >= 4 is 17.6 Å². The fraction of sp³-hybridized carbons (Fsp3) is 0.909. The van der Waals surface area contributed by atoms with Gasteiger partial charge in [-0.1, -0.05) is 11.6 Å². The first kappa shape index (κ1) is 35.2. The topological polar surface area (TPSA) is 65.0 Å². The van der Waals surface area contributed by atoms with Gasteiger partial charge < -0.3 is 5.11 Å². The van der Waals surface area contributed by atoms with Gasteiger partial charge in [0.1, 0.15) is 0 Å². The molecular formula is C11HClF20O5. The minimum atomic E-state index is -8.48. The van der Waals surface area contributed by atoms with E-state index in [1.165, 1.54) is 14.2 Å². The molecule has 0 radical (unpaired) electrons. The Morgan fingerprint density at radius 2 is 0.757 bits per heavy atom. The van der Waals surface area contributed by atoms with E-state index in [0.29, 0.717) is 0 Å². The summed E-state index contributed by atoms with van der Waals surface area (Å²) in [6.07, 6.45) is -54.8. The molecule has 3 atom stereocenters. The summed E-state index contributed by atoms with van der Waals surface area (Å²) in [6, 6.07) is 0. The number of hydrogen-bond donors (Lipinski definition) is 1. The highest BCUT2D eigenvalue weighted by Crippen LogP contribution is 2.59. The molecule has 0 aliphatic heterocycles. The molecule has 0 bridgehead atoms. The number of halogens is 21. The second-order valence-corrected chi connectivity index (χ2v) is 6.46. The fourth-order valence-electron chi connectivity index (χ4n) is 1.48. The number of rotatable bonds is 10. The van der Waals surface area contributed by atoms with E-state index in [1.807, 2.05) is 0 Å². The quantitative estimate of drug-likeness (QED) is 0.224. The molecule has 0 aromatic rings. The molecule has 26 heteroatoms. The maximum absolute atomic E-state index is 13.9. The van der Waals surface area contributed by atoms with Crippen molar-refractivity contribution < 1.29 is 112 Å². The first-order valence-corrected chi connectivity index (χ1v) is 7.75. The predicted molar refractivity (Wildman–Crippen MR) is 66.2 cm³/mol. The van der Waals surface area contributed by atoms with Crippen molar-refractivity contribution in [1.82, 2.24) is 0 Å². The Hall–Kier alpha value is -1.76. The van der Waals surface area contributed by atoms with Gasteiger partial charge in [0, 0.05) is 0 Å². The summed E-state index contributed by atoms with van der Waals surface area (Å²) < 4.78 is 263. The van der Waals surface area contributed by atoms with Crippen LogP contribution in [0.15, 0.2) is 0 Å². The average molecular weight is 629 g/mol. The Morgan fingerprint density at radius 3 is 1.00 bits per heavy atom. The number of carboxylic acids is 1. The van der Waals surface area contributed by atoms with Crippen LogP contribution in [0.3, 0.4) is 0 Å². The van der Waals surface area contributed by atoms with Gasteiger partial charge in [0.25, 0.3) is 0 Å². The molecule has 0 heterocycles. The van der Waals surface area contributed by atoms with Gasteiger partial charge in [-0.05, 0) is 0 Å². The van der Waals surface area contributed by atoms with Gasteiger partial charge in [-0.3, -0.25) is 9.47 Å². The first-order valence-electron chi connectivity index (χ1n) is 7.37. The van der Waals surface area contributed by atoms with Crippen LogP contribution in [0.5, 0.6) is 0 Å². The normalized spacial score (nSPS) is 20.1. The third-order valence-corrected chi connectivity index (χ3v) is 3.68. The van der Waals surface area contributed by atoms with E-state index in [4.69, 9.17) is 5.11 Å². The highest BCUT2D eigenvalue weighted by Gasteiger charge is 2.87. The van der Waals surface area contributed by atoms with E-state index >= 15 is 0 Å². The summed E-state index contributed by atoms with van der Waals surface area (Å²) in [5.41, 5.74) is 0. The molecule has 0 saturated carbocycles. The molecule has 0 amide bonds. The van der Waals surface area contributed by atoms with Crippen LogP contribution >= 0.6 is 11.6 Å². The van der Waals surface area contributed by atoms with Gasteiger partial charge in [0.2, 0.25) is 0 Å². The maximum Gasteiger partial charge on any atom is 0.460 e. The van der Waals surface area contributed by atoms with Gasteiger partial charge in [-0.15, -0.1) is 0 Å². The molecule has 0 aliphatic rings. The van der Waals surface area contributed by atoms with Crippen molar-refractivity contribution in [3.63, 3.8) is 0 Å². The Kier molecular flexibility index (Phi) is 8.73. The lowest BCUT2D eigenvalue weighted by molar-refractivity contribution is -0.571. The molecule has 0 aromatic carbocycles. The molecule has 222 valence electrons. The monoisotopic (exact) mass is 628 g/mol. The van der Waals surface area contributed by atoms with E-state index in [-0.39, 0.29) is 0 Å². The third-order valence-electron chi connectivity index (χ3n) is 3.24. The summed E-state index contributed by atoms with van der Waals surface area (Å²) >= 11 is 3.47. The Morgan fingerprint density at radius 1 is 0.486 bits per heavy atom. The summed E-state index contributed by atoms with van der Waals surface area (Å²) in [6.45, 7) is 0. The second-order valence-electron chi connectivity index (χ2n) is 5.94. The van der Waals surface area contributed by atoms with Crippen LogP contribution in [0.4, 0.5) is 87.8 Å². The van der Waals surface area contributed by atoms with Crippen molar-refractivity contribution in [2.24, 2.45) is 0 Å². The molecule has 0 aliphatic carbocycles. The minimum absolute atomic E-state index is 1.19. The lowest BCUT2D eigenvalue weighted by Gasteiger charge is -2.42.